The summed E-state index contributed by atoms with van der Waals surface area (Å²) in [6.07, 6.45) is 4.39. The highest BCUT2D eigenvalue weighted by molar-refractivity contribution is 7.92. The summed E-state index contributed by atoms with van der Waals surface area (Å²) in [5.41, 5.74) is 2.64. The molecule has 0 saturated carbocycles. The van der Waals surface area contributed by atoms with Crippen molar-refractivity contribution in [3.63, 3.8) is 0 Å². The molecule has 0 aromatic heterocycles. The van der Waals surface area contributed by atoms with E-state index in [1.165, 1.54) is 12.1 Å². The van der Waals surface area contributed by atoms with Gasteiger partial charge >= 0.3 is 0 Å². The molecule has 1 aliphatic rings. The summed E-state index contributed by atoms with van der Waals surface area (Å²) < 4.78 is 33.4. The van der Waals surface area contributed by atoms with Gasteiger partial charge in [-0.2, -0.15) is 0 Å². The first-order valence-electron chi connectivity index (χ1n) is 9.96. The predicted octanol–water partition coefficient (Wildman–Crippen LogP) is 3.89. The molecule has 29 heavy (non-hydrogen) atoms. The van der Waals surface area contributed by atoms with Crippen LogP contribution in [0.15, 0.2) is 47.4 Å². The van der Waals surface area contributed by atoms with Crippen molar-refractivity contribution < 1.29 is 17.9 Å². The van der Waals surface area contributed by atoms with Crippen LogP contribution >= 0.6 is 0 Å². The molecule has 0 spiro atoms. The van der Waals surface area contributed by atoms with Crippen molar-refractivity contribution in [2.24, 2.45) is 0 Å². The Hall–Kier alpha value is -2.54. The van der Waals surface area contributed by atoms with E-state index >= 15 is 0 Å². The molecule has 2 aromatic rings. The molecule has 2 aromatic carbocycles. The van der Waals surface area contributed by atoms with Crippen LogP contribution in [-0.4, -0.2) is 38.9 Å². The summed E-state index contributed by atoms with van der Waals surface area (Å²) in [7, 11) is -3.69. The van der Waals surface area contributed by atoms with Crippen LogP contribution in [0.2, 0.25) is 0 Å². The number of aryl methyl sites for hydroxylation is 2. The lowest BCUT2D eigenvalue weighted by Gasteiger charge is -2.20. The van der Waals surface area contributed by atoms with Crippen LogP contribution < -0.4 is 9.46 Å². The van der Waals surface area contributed by atoms with Crippen LogP contribution in [-0.2, 0) is 14.8 Å². The number of nitrogens with zero attached hydrogens (tertiary/aromatic N) is 1. The Morgan fingerprint density at radius 2 is 1.62 bits per heavy atom. The van der Waals surface area contributed by atoms with Gasteiger partial charge in [-0.15, -0.1) is 0 Å². The standard InChI is InChI=1S/C22H28N2O4S/c1-17-7-8-19(15-18(17)2)23-29(26,27)21-11-9-20(10-12-21)28-16-22(25)24-13-5-3-4-6-14-24/h7-12,15,23H,3-6,13-14,16H2,1-2H3. The zero-order valence-corrected chi connectivity index (χ0v) is 17.8. The molecule has 156 valence electrons. The maximum absolute atomic E-state index is 12.6. The van der Waals surface area contributed by atoms with E-state index in [4.69, 9.17) is 4.74 Å². The molecule has 1 amide bonds. The zero-order chi connectivity index (χ0) is 20.9. The van der Waals surface area contributed by atoms with E-state index in [9.17, 15) is 13.2 Å². The lowest BCUT2D eigenvalue weighted by Crippen LogP contribution is -2.35. The number of rotatable bonds is 6. The van der Waals surface area contributed by atoms with Gasteiger partial charge in [-0.3, -0.25) is 9.52 Å². The molecule has 0 bridgehead atoms. The summed E-state index contributed by atoms with van der Waals surface area (Å²) in [5.74, 6) is 0.443. The number of likely N-dealkylation sites (tertiary alicyclic amines) is 1. The number of sulfonamides is 1. The van der Waals surface area contributed by atoms with E-state index in [0.29, 0.717) is 11.4 Å². The Morgan fingerprint density at radius 3 is 2.24 bits per heavy atom. The molecule has 1 N–H and O–H groups in total. The number of amides is 1. The number of benzene rings is 2. The molecule has 0 aliphatic carbocycles. The molecule has 1 aliphatic heterocycles. The lowest BCUT2D eigenvalue weighted by molar-refractivity contribution is -0.133. The van der Waals surface area contributed by atoms with Crippen LogP contribution in [0.5, 0.6) is 5.75 Å². The van der Waals surface area contributed by atoms with E-state index in [0.717, 1.165) is 49.9 Å². The Kier molecular flexibility index (Phi) is 6.79. The van der Waals surface area contributed by atoms with Crippen molar-refractivity contribution >= 4 is 21.6 Å². The second kappa shape index (κ2) is 9.31. The average Bonchev–Trinajstić information content (AvgIpc) is 2.99. The molecule has 0 unspecified atom stereocenters. The summed E-state index contributed by atoms with van der Waals surface area (Å²) in [4.78, 5) is 14.3. The van der Waals surface area contributed by atoms with Crippen LogP contribution in [0.4, 0.5) is 5.69 Å². The molecule has 1 fully saturated rings. The number of nitrogens with one attached hydrogen (secondary N) is 1. The number of hydrogen-bond donors (Lipinski definition) is 1. The third-order valence-electron chi connectivity index (χ3n) is 5.21. The first-order chi connectivity index (χ1) is 13.8. The van der Waals surface area contributed by atoms with Gasteiger partial charge in [0.15, 0.2) is 6.61 Å². The molecule has 0 atom stereocenters. The minimum Gasteiger partial charge on any atom is -0.484 e. The van der Waals surface area contributed by atoms with Crippen molar-refractivity contribution in [1.82, 2.24) is 4.90 Å². The van der Waals surface area contributed by atoms with Crippen molar-refractivity contribution in [3.05, 3.63) is 53.6 Å². The number of carbonyl (C=O) groups is 1. The molecule has 3 rings (SSSR count). The summed E-state index contributed by atoms with van der Waals surface area (Å²) in [6.45, 7) is 5.44. The third-order valence-corrected chi connectivity index (χ3v) is 6.61. The number of carbonyl (C=O) groups excluding carboxylic acids is 1. The lowest BCUT2D eigenvalue weighted by atomic mass is 10.1. The monoisotopic (exact) mass is 416 g/mol. The topological polar surface area (TPSA) is 75.7 Å². The molecular weight excluding hydrogens is 388 g/mol. The summed E-state index contributed by atoms with van der Waals surface area (Å²) in [6, 6.07) is 11.5. The average molecular weight is 417 g/mol. The molecule has 1 saturated heterocycles. The van der Waals surface area contributed by atoms with Gasteiger partial charge in [-0.25, -0.2) is 8.42 Å². The SMILES string of the molecule is Cc1ccc(NS(=O)(=O)c2ccc(OCC(=O)N3CCCCCC3)cc2)cc1C. The normalized spacial score (nSPS) is 14.9. The predicted molar refractivity (Wildman–Crippen MR) is 114 cm³/mol. The Morgan fingerprint density at radius 1 is 0.966 bits per heavy atom. The molecule has 0 radical (unpaired) electrons. The first kappa shape index (κ1) is 21.2. The van der Waals surface area contributed by atoms with Crippen molar-refractivity contribution in [3.8, 4) is 5.75 Å². The maximum atomic E-state index is 12.6. The van der Waals surface area contributed by atoms with Gasteiger partial charge in [0, 0.05) is 18.8 Å². The van der Waals surface area contributed by atoms with Gasteiger partial charge in [0.2, 0.25) is 0 Å². The van der Waals surface area contributed by atoms with Gasteiger partial charge in [-0.1, -0.05) is 18.9 Å². The minimum absolute atomic E-state index is 0.0278. The third kappa shape index (κ3) is 5.73. The first-order valence-corrected chi connectivity index (χ1v) is 11.4. The fraction of sp³-hybridized carbons (Fsp3) is 0.409. The van der Waals surface area contributed by atoms with Crippen LogP contribution in [0.25, 0.3) is 0 Å². The van der Waals surface area contributed by atoms with Gasteiger partial charge in [0.1, 0.15) is 5.75 Å². The molecule has 6 nitrogen and oxygen atoms in total. The van der Waals surface area contributed by atoms with E-state index in [1.807, 2.05) is 24.8 Å². The van der Waals surface area contributed by atoms with Gasteiger partial charge in [-0.05, 0) is 74.2 Å². The minimum atomic E-state index is -3.69. The van der Waals surface area contributed by atoms with Crippen molar-refractivity contribution in [2.45, 2.75) is 44.4 Å². The van der Waals surface area contributed by atoms with Crippen LogP contribution in [0.1, 0.15) is 36.8 Å². The van der Waals surface area contributed by atoms with Gasteiger partial charge < -0.3 is 9.64 Å². The van der Waals surface area contributed by atoms with E-state index in [-0.39, 0.29) is 17.4 Å². The van der Waals surface area contributed by atoms with Crippen molar-refractivity contribution in [2.75, 3.05) is 24.4 Å². The fourth-order valence-corrected chi connectivity index (χ4v) is 4.34. The van der Waals surface area contributed by atoms with Crippen LogP contribution in [0, 0.1) is 13.8 Å². The quantitative estimate of drug-likeness (QED) is 0.775. The van der Waals surface area contributed by atoms with Gasteiger partial charge in [0.25, 0.3) is 15.9 Å². The molecule has 7 heteroatoms. The highest BCUT2D eigenvalue weighted by atomic mass is 32.2. The summed E-state index contributed by atoms with van der Waals surface area (Å²) >= 11 is 0. The second-order valence-electron chi connectivity index (χ2n) is 7.46. The highest BCUT2D eigenvalue weighted by Gasteiger charge is 2.17. The number of ether oxygens (including phenoxy) is 1. The van der Waals surface area contributed by atoms with Crippen molar-refractivity contribution in [1.29, 1.82) is 0 Å². The zero-order valence-electron chi connectivity index (χ0n) is 17.0. The highest BCUT2D eigenvalue weighted by Crippen LogP contribution is 2.21. The maximum Gasteiger partial charge on any atom is 0.261 e. The molecular formula is C22H28N2O4S. The van der Waals surface area contributed by atoms with Crippen LogP contribution in [0.3, 0.4) is 0 Å². The smallest absolute Gasteiger partial charge is 0.261 e. The number of hydrogen-bond acceptors (Lipinski definition) is 4. The van der Waals surface area contributed by atoms with E-state index < -0.39 is 10.0 Å². The van der Waals surface area contributed by atoms with E-state index in [2.05, 4.69) is 4.72 Å². The van der Waals surface area contributed by atoms with Gasteiger partial charge in [0.05, 0.1) is 4.90 Å². The number of anilines is 1. The Labute approximate surface area is 172 Å². The Balaban J connectivity index is 1.59. The fourth-order valence-electron chi connectivity index (χ4n) is 3.29. The molecule has 1 heterocycles. The van der Waals surface area contributed by atoms with E-state index in [1.54, 1.807) is 24.3 Å². The summed E-state index contributed by atoms with van der Waals surface area (Å²) in [5, 5.41) is 0. The second-order valence-corrected chi connectivity index (χ2v) is 9.14. The Bertz CT molecular complexity index is 947. The largest absolute Gasteiger partial charge is 0.484 e.